The average molecular weight is 293 g/mol. The minimum absolute atomic E-state index is 0.0743. The van der Waals surface area contributed by atoms with Gasteiger partial charge < -0.3 is 9.72 Å². The van der Waals surface area contributed by atoms with E-state index in [1.807, 2.05) is 13.0 Å². The molecule has 20 heavy (non-hydrogen) atoms. The minimum Gasteiger partial charge on any atom is -0.379 e. The van der Waals surface area contributed by atoms with Crippen LogP contribution in [0.5, 0.6) is 0 Å². The standard InChI is InChI=1S/C15H17ClN2O2/c1-10-13(9-18-4-6-20-7-5-18)15(19)12-8-11(16)2-3-14(12)17-10/h2-3,8H,4-7,9H2,1H3,(H,17,19). The molecule has 1 N–H and O–H groups in total. The molecule has 0 saturated carbocycles. The maximum Gasteiger partial charge on any atom is 0.194 e. The number of pyridine rings is 1. The molecule has 2 aromatic rings. The molecule has 0 amide bonds. The normalized spacial score (nSPS) is 16.7. The summed E-state index contributed by atoms with van der Waals surface area (Å²) in [7, 11) is 0. The Morgan fingerprint density at radius 3 is 2.85 bits per heavy atom. The lowest BCUT2D eigenvalue weighted by Gasteiger charge is -2.26. The van der Waals surface area contributed by atoms with Gasteiger partial charge in [0.05, 0.1) is 13.2 Å². The van der Waals surface area contributed by atoms with Crippen LogP contribution in [0.3, 0.4) is 0 Å². The van der Waals surface area contributed by atoms with Crippen LogP contribution in [0.2, 0.25) is 5.02 Å². The molecule has 1 saturated heterocycles. The number of morpholine rings is 1. The Morgan fingerprint density at radius 1 is 1.35 bits per heavy atom. The van der Waals surface area contributed by atoms with Crippen molar-refractivity contribution in [3.05, 3.63) is 44.7 Å². The van der Waals surface area contributed by atoms with Crippen LogP contribution in [0.1, 0.15) is 11.3 Å². The zero-order valence-corrected chi connectivity index (χ0v) is 12.2. The Morgan fingerprint density at radius 2 is 2.10 bits per heavy atom. The summed E-state index contributed by atoms with van der Waals surface area (Å²) in [5.41, 5.74) is 2.66. The van der Waals surface area contributed by atoms with Crippen LogP contribution < -0.4 is 5.43 Å². The van der Waals surface area contributed by atoms with Gasteiger partial charge in [-0.15, -0.1) is 0 Å². The highest BCUT2D eigenvalue weighted by molar-refractivity contribution is 6.31. The van der Waals surface area contributed by atoms with E-state index in [9.17, 15) is 4.79 Å². The number of hydrogen-bond donors (Lipinski definition) is 1. The van der Waals surface area contributed by atoms with Gasteiger partial charge in [-0.3, -0.25) is 9.69 Å². The molecule has 1 aliphatic heterocycles. The maximum atomic E-state index is 12.6. The minimum atomic E-state index is 0.0743. The van der Waals surface area contributed by atoms with Crippen molar-refractivity contribution in [3.8, 4) is 0 Å². The van der Waals surface area contributed by atoms with Gasteiger partial charge in [-0.25, -0.2) is 0 Å². The molecule has 0 bridgehead atoms. The Kier molecular flexibility index (Phi) is 3.78. The molecular formula is C15H17ClN2O2. The summed E-state index contributed by atoms with van der Waals surface area (Å²) in [5, 5.41) is 1.25. The fourth-order valence-corrected chi connectivity index (χ4v) is 2.77. The van der Waals surface area contributed by atoms with Gasteiger partial charge in [-0.1, -0.05) is 11.6 Å². The van der Waals surface area contributed by atoms with Crippen molar-refractivity contribution in [2.45, 2.75) is 13.5 Å². The highest BCUT2D eigenvalue weighted by atomic mass is 35.5. The molecule has 4 nitrogen and oxygen atoms in total. The van der Waals surface area contributed by atoms with Crippen molar-refractivity contribution in [1.29, 1.82) is 0 Å². The van der Waals surface area contributed by atoms with Gasteiger partial charge in [0, 0.05) is 46.8 Å². The van der Waals surface area contributed by atoms with E-state index in [1.54, 1.807) is 12.1 Å². The summed E-state index contributed by atoms with van der Waals surface area (Å²) in [4.78, 5) is 18.2. The molecule has 0 radical (unpaired) electrons. The van der Waals surface area contributed by atoms with Gasteiger partial charge in [0.1, 0.15) is 0 Å². The topological polar surface area (TPSA) is 45.3 Å². The lowest BCUT2D eigenvalue weighted by molar-refractivity contribution is 0.0339. The second-order valence-corrected chi connectivity index (χ2v) is 5.57. The number of nitrogens with zero attached hydrogens (tertiary/aromatic N) is 1. The van der Waals surface area contributed by atoms with E-state index >= 15 is 0 Å². The third kappa shape index (κ3) is 2.59. The lowest BCUT2D eigenvalue weighted by atomic mass is 10.1. The number of aromatic amines is 1. The highest BCUT2D eigenvalue weighted by Gasteiger charge is 2.16. The Balaban J connectivity index is 2.03. The Labute approximate surface area is 122 Å². The second kappa shape index (κ2) is 5.56. The number of ether oxygens (including phenoxy) is 1. The molecular weight excluding hydrogens is 276 g/mol. The van der Waals surface area contributed by atoms with E-state index in [2.05, 4.69) is 9.88 Å². The van der Waals surface area contributed by atoms with E-state index in [4.69, 9.17) is 16.3 Å². The van der Waals surface area contributed by atoms with Crippen LogP contribution in [0, 0.1) is 6.92 Å². The van der Waals surface area contributed by atoms with E-state index < -0.39 is 0 Å². The molecule has 1 aromatic heterocycles. The number of aromatic nitrogens is 1. The average Bonchev–Trinajstić information content (AvgIpc) is 2.46. The van der Waals surface area contributed by atoms with E-state index in [0.29, 0.717) is 17.0 Å². The Bertz CT molecular complexity index is 690. The fourth-order valence-electron chi connectivity index (χ4n) is 2.60. The fraction of sp³-hybridized carbons (Fsp3) is 0.400. The first-order valence-electron chi connectivity index (χ1n) is 6.76. The van der Waals surface area contributed by atoms with Gasteiger partial charge in [-0.05, 0) is 25.1 Å². The molecule has 0 unspecified atom stereocenters. The number of benzene rings is 1. The summed E-state index contributed by atoms with van der Waals surface area (Å²) < 4.78 is 5.34. The number of fused-ring (bicyclic) bond motifs is 1. The van der Waals surface area contributed by atoms with Crippen molar-refractivity contribution in [3.63, 3.8) is 0 Å². The van der Waals surface area contributed by atoms with Gasteiger partial charge in [0.25, 0.3) is 0 Å². The highest BCUT2D eigenvalue weighted by Crippen LogP contribution is 2.17. The number of nitrogens with one attached hydrogen (secondary N) is 1. The van der Waals surface area contributed by atoms with Crippen LogP contribution in [-0.2, 0) is 11.3 Å². The molecule has 0 aliphatic carbocycles. The predicted octanol–water partition coefficient (Wildman–Crippen LogP) is 2.32. The number of aryl methyl sites for hydroxylation is 1. The summed E-state index contributed by atoms with van der Waals surface area (Å²) >= 11 is 5.99. The molecule has 1 aliphatic rings. The third-order valence-corrected chi connectivity index (χ3v) is 4.00. The van der Waals surface area contributed by atoms with Crippen LogP contribution >= 0.6 is 11.6 Å². The Hall–Kier alpha value is -1.36. The first-order chi connectivity index (χ1) is 9.65. The van der Waals surface area contributed by atoms with E-state index in [1.165, 1.54) is 0 Å². The monoisotopic (exact) mass is 292 g/mol. The van der Waals surface area contributed by atoms with Gasteiger partial charge in [0.15, 0.2) is 5.43 Å². The quantitative estimate of drug-likeness (QED) is 0.924. The van der Waals surface area contributed by atoms with E-state index in [0.717, 1.165) is 43.1 Å². The first kappa shape index (κ1) is 13.6. The third-order valence-electron chi connectivity index (χ3n) is 3.76. The maximum absolute atomic E-state index is 12.6. The van der Waals surface area contributed by atoms with Crippen molar-refractivity contribution in [1.82, 2.24) is 9.88 Å². The zero-order chi connectivity index (χ0) is 14.1. The predicted molar refractivity (Wildman–Crippen MR) is 80.4 cm³/mol. The second-order valence-electron chi connectivity index (χ2n) is 5.14. The molecule has 1 aromatic carbocycles. The summed E-state index contributed by atoms with van der Waals surface area (Å²) in [6.45, 7) is 5.81. The first-order valence-corrected chi connectivity index (χ1v) is 7.14. The van der Waals surface area contributed by atoms with Gasteiger partial charge in [0.2, 0.25) is 0 Å². The number of halogens is 1. The SMILES string of the molecule is Cc1[nH]c2ccc(Cl)cc2c(=O)c1CN1CCOCC1. The number of H-pyrrole nitrogens is 1. The van der Waals surface area contributed by atoms with Crippen molar-refractivity contribution < 1.29 is 4.74 Å². The molecule has 0 atom stereocenters. The van der Waals surface area contributed by atoms with Crippen LogP contribution in [0.4, 0.5) is 0 Å². The summed E-state index contributed by atoms with van der Waals surface area (Å²) in [6.07, 6.45) is 0. The molecule has 0 spiro atoms. The van der Waals surface area contributed by atoms with Crippen LogP contribution in [0.15, 0.2) is 23.0 Å². The van der Waals surface area contributed by atoms with Crippen molar-refractivity contribution >= 4 is 22.5 Å². The van der Waals surface area contributed by atoms with Gasteiger partial charge >= 0.3 is 0 Å². The summed E-state index contributed by atoms with van der Waals surface area (Å²) in [5.74, 6) is 0. The molecule has 3 rings (SSSR count). The van der Waals surface area contributed by atoms with E-state index in [-0.39, 0.29) is 5.43 Å². The van der Waals surface area contributed by atoms with Crippen molar-refractivity contribution in [2.75, 3.05) is 26.3 Å². The molecule has 1 fully saturated rings. The number of hydrogen-bond acceptors (Lipinski definition) is 3. The number of rotatable bonds is 2. The van der Waals surface area contributed by atoms with Gasteiger partial charge in [-0.2, -0.15) is 0 Å². The largest absolute Gasteiger partial charge is 0.379 e. The molecule has 5 heteroatoms. The lowest BCUT2D eigenvalue weighted by Crippen LogP contribution is -2.37. The van der Waals surface area contributed by atoms with Crippen molar-refractivity contribution in [2.24, 2.45) is 0 Å². The smallest absolute Gasteiger partial charge is 0.194 e. The molecule has 2 heterocycles. The van der Waals surface area contributed by atoms with Crippen LogP contribution in [0.25, 0.3) is 10.9 Å². The zero-order valence-electron chi connectivity index (χ0n) is 11.4. The summed E-state index contributed by atoms with van der Waals surface area (Å²) in [6, 6.07) is 5.38. The van der Waals surface area contributed by atoms with Crippen LogP contribution in [-0.4, -0.2) is 36.2 Å². The molecule has 106 valence electrons.